The molecule has 0 bridgehead atoms. The molecule has 2 heterocycles. The predicted octanol–water partition coefficient (Wildman–Crippen LogP) is 6.98. The number of fused-ring (bicyclic) bond motifs is 1. The van der Waals surface area contributed by atoms with Crippen molar-refractivity contribution in [1.29, 1.82) is 0 Å². The van der Waals surface area contributed by atoms with Crippen LogP contribution in [-0.4, -0.2) is 25.2 Å². The van der Waals surface area contributed by atoms with Crippen LogP contribution in [0.25, 0.3) is 0 Å². The highest BCUT2D eigenvalue weighted by molar-refractivity contribution is 9.10. The van der Waals surface area contributed by atoms with Crippen molar-refractivity contribution in [2.24, 2.45) is 0 Å². The van der Waals surface area contributed by atoms with Gasteiger partial charge in [0.1, 0.15) is 0 Å². The number of rotatable bonds is 6. The van der Waals surface area contributed by atoms with Gasteiger partial charge in [-0.25, -0.2) is 4.79 Å². The van der Waals surface area contributed by atoms with E-state index in [9.17, 15) is 9.59 Å². The van der Waals surface area contributed by atoms with Crippen molar-refractivity contribution in [3.8, 4) is 11.5 Å². The highest BCUT2D eigenvalue weighted by atomic mass is 79.9. The summed E-state index contributed by atoms with van der Waals surface area (Å²) in [5.74, 6) is 0.118. The molecular formula is C32H27BrClNO5. The number of ketones is 1. The van der Waals surface area contributed by atoms with E-state index in [1.54, 1.807) is 0 Å². The van der Waals surface area contributed by atoms with E-state index in [1.807, 2.05) is 73.7 Å². The van der Waals surface area contributed by atoms with Gasteiger partial charge in [0.2, 0.25) is 6.79 Å². The third kappa shape index (κ3) is 5.16. The second kappa shape index (κ2) is 11.1. The lowest BCUT2D eigenvalue weighted by molar-refractivity contribution is -0.139. The summed E-state index contributed by atoms with van der Waals surface area (Å²) in [6.45, 7) is 2.21. The number of allylic oxidation sites excluding steroid dienone is 3. The highest BCUT2D eigenvalue weighted by Crippen LogP contribution is 2.49. The van der Waals surface area contributed by atoms with E-state index >= 15 is 0 Å². The zero-order chi connectivity index (χ0) is 27.8. The fraction of sp³-hybridized carbons (Fsp3) is 0.250. The SMILES string of the molecule is CC1=C(C(=O)OCCc2ccccc2)[C@H](c2cc3c(cc2Br)OCO3)C2=C(C[C@H](c3ccc(Cl)cc3)CC2=O)N1. The maximum Gasteiger partial charge on any atom is 0.336 e. The minimum absolute atomic E-state index is 0.00374. The van der Waals surface area contributed by atoms with Crippen molar-refractivity contribution < 1.29 is 23.8 Å². The normalized spacial score (nSPS) is 19.8. The number of hydrogen-bond acceptors (Lipinski definition) is 6. The Morgan fingerprint density at radius 3 is 2.52 bits per heavy atom. The molecule has 40 heavy (non-hydrogen) atoms. The first-order valence-electron chi connectivity index (χ1n) is 13.2. The molecule has 2 atom stereocenters. The number of benzene rings is 3. The molecule has 2 aliphatic heterocycles. The molecule has 1 N–H and O–H groups in total. The number of carbonyl (C=O) groups is 2. The molecule has 3 aliphatic rings. The van der Waals surface area contributed by atoms with Gasteiger partial charge in [-0.15, -0.1) is 0 Å². The van der Waals surface area contributed by atoms with E-state index in [-0.39, 0.29) is 25.1 Å². The number of esters is 1. The van der Waals surface area contributed by atoms with E-state index in [4.69, 9.17) is 25.8 Å². The van der Waals surface area contributed by atoms with Gasteiger partial charge in [0.15, 0.2) is 17.3 Å². The molecule has 0 spiro atoms. The summed E-state index contributed by atoms with van der Waals surface area (Å²) in [5, 5.41) is 4.07. The molecule has 8 heteroatoms. The highest BCUT2D eigenvalue weighted by Gasteiger charge is 2.42. The largest absolute Gasteiger partial charge is 0.462 e. The summed E-state index contributed by atoms with van der Waals surface area (Å²) >= 11 is 9.79. The second-order valence-corrected chi connectivity index (χ2v) is 11.5. The molecular weight excluding hydrogens is 594 g/mol. The number of halogens is 2. The van der Waals surface area contributed by atoms with Crippen molar-refractivity contribution in [2.45, 2.75) is 38.0 Å². The molecule has 0 saturated heterocycles. The van der Waals surface area contributed by atoms with Crippen LogP contribution >= 0.6 is 27.5 Å². The van der Waals surface area contributed by atoms with E-state index in [2.05, 4.69) is 21.2 Å². The van der Waals surface area contributed by atoms with E-state index in [1.165, 1.54) is 0 Å². The molecule has 0 unspecified atom stereocenters. The van der Waals surface area contributed by atoms with E-state index < -0.39 is 11.9 Å². The Morgan fingerprint density at radius 2 is 1.77 bits per heavy atom. The molecule has 1 aliphatic carbocycles. The van der Waals surface area contributed by atoms with Crippen LogP contribution in [0.3, 0.4) is 0 Å². The smallest absolute Gasteiger partial charge is 0.336 e. The van der Waals surface area contributed by atoms with Gasteiger partial charge in [0, 0.05) is 45.2 Å². The minimum atomic E-state index is -0.622. The first-order chi connectivity index (χ1) is 19.4. The predicted molar refractivity (Wildman–Crippen MR) is 155 cm³/mol. The monoisotopic (exact) mass is 619 g/mol. The Balaban J connectivity index is 1.36. The maximum absolute atomic E-state index is 13.9. The first kappa shape index (κ1) is 26.7. The molecule has 6 nitrogen and oxygen atoms in total. The lowest BCUT2D eigenvalue weighted by Gasteiger charge is -2.37. The minimum Gasteiger partial charge on any atom is -0.462 e. The first-order valence-corrected chi connectivity index (χ1v) is 14.4. The Labute approximate surface area is 246 Å². The van der Waals surface area contributed by atoms with Gasteiger partial charge in [-0.2, -0.15) is 0 Å². The number of hydrogen-bond donors (Lipinski definition) is 1. The van der Waals surface area contributed by atoms with Gasteiger partial charge in [-0.05, 0) is 60.2 Å². The second-order valence-electron chi connectivity index (χ2n) is 10.2. The summed E-state index contributed by atoms with van der Waals surface area (Å²) in [6.07, 6.45) is 1.56. The summed E-state index contributed by atoms with van der Waals surface area (Å²) in [6, 6.07) is 21.2. The van der Waals surface area contributed by atoms with Crippen LogP contribution in [-0.2, 0) is 20.7 Å². The average Bonchev–Trinajstić information content (AvgIpc) is 3.40. The lowest BCUT2D eigenvalue weighted by Crippen LogP contribution is -2.36. The van der Waals surface area contributed by atoms with Gasteiger partial charge in [-0.1, -0.05) is 70.0 Å². The van der Waals surface area contributed by atoms with E-state index in [0.29, 0.717) is 52.6 Å². The molecule has 0 amide bonds. The van der Waals surface area contributed by atoms with Crippen molar-refractivity contribution in [2.75, 3.05) is 13.4 Å². The topological polar surface area (TPSA) is 73.9 Å². The Bertz CT molecular complexity index is 1550. The lowest BCUT2D eigenvalue weighted by atomic mass is 9.71. The standard InChI is InChI=1S/C32H27BrClNO5/c1-18-29(32(37)38-12-11-19-5-3-2-4-6-19)30(23-15-27-28(16-24(23)33)40-17-39-27)31-25(35-18)13-21(14-26(31)36)20-7-9-22(34)10-8-20/h2-10,15-16,21,30,35H,11-14,17H2,1H3/t21-,30-/m0/s1. The van der Waals surface area contributed by atoms with Crippen molar-refractivity contribution in [3.63, 3.8) is 0 Å². The molecule has 0 radical (unpaired) electrons. The quantitative estimate of drug-likeness (QED) is 0.300. The van der Waals surface area contributed by atoms with Crippen LogP contribution in [0.5, 0.6) is 11.5 Å². The number of ether oxygens (including phenoxy) is 3. The number of nitrogens with one attached hydrogen (secondary N) is 1. The molecule has 0 aromatic heterocycles. The van der Waals surface area contributed by atoms with E-state index in [0.717, 1.165) is 26.9 Å². The van der Waals surface area contributed by atoms with Gasteiger partial charge in [0.05, 0.1) is 12.2 Å². The number of Topliss-reactive ketones (excluding diaryl/α,β-unsaturated/α-hetero) is 1. The molecule has 0 fully saturated rings. The Kier molecular flexibility index (Phi) is 7.43. The fourth-order valence-electron chi connectivity index (χ4n) is 5.73. The third-order valence-electron chi connectivity index (χ3n) is 7.66. The van der Waals surface area contributed by atoms with Crippen LogP contribution in [0.1, 0.15) is 48.3 Å². The van der Waals surface area contributed by atoms with Crippen molar-refractivity contribution in [1.82, 2.24) is 5.32 Å². The third-order valence-corrected chi connectivity index (χ3v) is 8.60. The zero-order valence-electron chi connectivity index (χ0n) is 21.8. The van der Waals surface area contributed by atoms with Gasteiger partial charge >= 0.3 is 5.97 Å². The molecule has 6 rings (SSSR count). The molecule has 204 valence electrons. The van der Waals surface area contributed by atoms with Crippen molar-refractivity contribution in [3.05, 3.63) is 115 Å². The summed E-state index contributed by atoms with van der Waals surface area (Å²) < 4.78 is 17.8. The number of dihydropyridines is 1. The Morgan fingerprint density at radius 1 is 1.05 bits per heavy atom. The average molecular weight is 621 g/mol. The van der Waals surface area contributed by atoms with Gasteiger partial charge in [-0.3, -0.25) is 4.79 Å². The fourth-order valence-corrected chi connectivity index (χ4v) is 6.41. The van der Waals surface area contributed by atoms with Crippen molar-refractivity contribution >= 4 is 39.3 Å². The van der Waals surface area contributed by atoms with Crippen LogP contribution in [0, 0.1) is 0 Å². The molecule has 3 aromatic rings. The van der Waals surface area contributed by atoms with Crippen LogP contribution in [0.15, 0.2) is 93.7 Å². The van der Waals surface area contributed by atoms with Crippen LogP contribution < -0.4 is 14.8 Å². The zero-order valence-corrected chi connectivity index (χ0v) is 24.2. The number of carbonyl (C=O) groups excluding carboxylic acids is 2. The Hall–Kier alpha value is -3.55. The van der Waals surface area contributed by atoms with Crippen LogP contribution in [0.2, 0.25) is 5.02 Å². The summed E-state index contributed by atoms with van der Waals surface area (Å²) in [5.41, 5.74) is 5.39. The van der Waals surface area contributed by atoms with Crippen LogP contribution in [0.4, 0.5) is 0 Å². The molecule has 0 saturated carbocycles. The molecule has 3 aromatic carbocycles. The van der Waals surface area contributed by atoms with Gasteiger partial charge in [0.25, 0.3) is 0 Å². The van der Waals surface area contributed by atoms with Gasteiger partial charge < -0.3 is 19.5 Å². The summed E-state index contributed by atoms with van der Waals surface area (Å²) in [4.78, 5) is 27.6. The maximum atomic E-state index is 13.9. The summed E-state index contributed by atoms with van der Waals surface area (Å²) in [7, 11) is 0.